The van der Waals surface area contributed by atoms with Crippen molar-refractivity contribution in [3.8, 4) is 0 Å². The summed E-state index contributed by atoms with van der Waals surface area (Å²) >= 11 is 0. The fourth-order valence-corrected chi connectivity index (χ4v) is 2.69. The van der Waals surface area contributed by atoms with E-state index in [1.54, 1.807) is 0 Å². The summed E-state index contributed by atoms with van der Waals surface area (Å²) in [7, 11) is 0. The van der Waals surface area contributed by atoms with Crippen LogP contribution >= 0.6 is 0 Å². The molecule has 0 atom stereocenters. The van der Waals surface area contributed by atoms with Gasteiger partial charge in [0.1, 0.15) is 0 Å². The minimum atomic E-state index is -0.992. The molecule has 1 N–H and O–H groups in total. The van der Waals surface area contributed by atoms with Gasteiger partial charge in [0.25, 0.3) is 0 Å². The number of carbonyl (C=O) groups is 1. The van der Waals surface area contributed by atoms with Gasteiger partial charge >= 0.3 is 5.97 Å². The Morgan fingerprint density at radius 1 is 1.36 bits per heavy atom. The SMILES string of the molecule is CC(C)c1nc(C=Cc2cnn3c2CCC3)ncc1C(=O)O. The summed E-state index contributed by atoms with van der Waals surface area (Å²) in [5.74, 6) is -0.443. The lowest BCUT2D eigenvalue weighted by molar-refractivity contribution is 0.0694. The maximum atomic E-state index is 11.2. The van der Waals surface area contributed by atoms with Gasteiger partial charge in [-0.15, -0.1) is 0 Å². The Labute approximate surface area is 128 Å². The molecule has 2 aromatic rings. The molecule has 1 aliphatic heterocycles. The van der Waals surface area contributed by atoms with Crippen molar-refractivity contribution < 1.29 is 9.90 Å². The van der Waals surface area contributed by atoms with E-state index in [2.05, 4.69) is 15.1 Å². The van der Waals surface area contributed by atoms with Crippen molar-refractivity contribution in [2.24, 2.45) is 0 Å². The standard InChI is InChI=1S/C16H18N4O2/c1-10(2)15-12(16(21)22)9-17-14(19-15)6-5-11-8-18-20-7-3-4-13(11)20/h5-6,8-10H,3-4,7H2,1-2H3,(H,21,22). The molecule has 0 bridgehead atoms. The number of carboxylic acids is 1. The highest BCUT2D eigenvalue weighted by Crippen LogP contribution is 2.21. The molecule has 22 heavy (non-hydrogen) atoms. The maximum Gasteiger partial charge on any atom is 0.339 e. The van der Waals surface area contributed by atoms with Crippen LogP contribution in [0.5, 0.6) is 0 Å². The fraction of sp³-hybridized carbons (Fsp3) is 0.375. The highest BCUT2D eigenvalue weighted by atomic mass is 16.4. The summed E-state index contributed by atoms with van der Waals surface area (Å²) in [4.78, 5) is 19.7. The van der Waals surface area contributed by atoms with Gasteiger partial charge in [0.05, 0.1) is 17.5 Å². The van der Waals surface area contributed by atoms with Gasteiger partial charge in [-0.05, 0) is 30.9 Å². The van der Waals surface area contributed by atoms with Crippen molar-refractivity contribution in [1.29, 1.82) is 0 Å². The lowest BCUT2D eigenvalue weighted by atomic mass is 10.1. The summed E-state index contributed by atoms with van der Waals surface area (Å²) in [5.41, 5.74) is 3.04. The molecule has 0 spiro atoms. The monoisotopic (exact) mass is 298 g/mol. The first-order valence-corrected chi connectivity index (χ1v) is 7.39. The molecule has 0 amide bonds. The third-order valence-electron chi connectivity index (χ3n) is 3.79. The molecule has 0 aliphatic carbocycles. The van der Waals surface area contributed by atoms with E-state index < -0.39 is 5.97 Å². The molecule has 114 valence electrons. The minimum absolute atomic E-state index is 0.0293. The molecular weight excluding hydrogens is 280 g/mol. The van der Waals surface area contributed by atoms with Gasteiger partial charge in [-0.2, -0.15) is 5.10 Å². The van der Waals surface area contributed by atoms with Crippen molar-refractivity contribution >= 4 is 18.1 Å². The molecule has 6 nitrogen and oxygen atoms in total. The molecule has 0 aromatic carbocycles. The Bertz CT molecular complexity index is 747. The van der Waals surface area contributed by atoms with Crippen molar-refractivity contribution in [2.45, 2.75) is 39.2 Å². The maximum absolute atomic E-state index is 11.2. The molecule has 3 heterocycles. The predicted molar refractivity (Wildman–Crippen MR) is 82.6 cm³/mol. The number of nitrogens with zero attached hydrogens (tertiary/aromatic N) is 4. The van der Waals surface area contributed by atoms with E-state index in [9.17, 15) is 9.90 Å². The highest BCUT2D eigenvalue weighted by Gasteiger charge is 2.16. The van der Waals surface area contributed by atoms with Crippen LogP contribution in [0.4, 0.5) is 0 Å². The zero-order chi connectivity index (χ0) is 15.7. The van der Waals surface area contributed by atoms with Crippen LogP contribution in [0.1, 0.15) is 59.3 Å². The number of carboxylic acid groups (broad SMARTS) is 1. The summed E-state index contributed by atoms with van der Waals surface area (Å²) in [6, 6.07) is 0. The topological polar surface area (TPSA) is 80.9 Å². The molecule has 0 saturated carbocycles. The van der Waals surface area contributed by atoms with Gasteiger partial charge in [0.2, 0.25) is 0 Å². The number of hydrogen-bond acceptors (Lipinski definition) is 4. The summed E-state index contributed by atoms with van der Waals surface area (Å²) in [5, 5.41) is 13.5. The lowest BCUT2D eigenvalue weighted by Crippen LogP contribution is -2.08. The molecule has 0 fully saturated rings. The van der Waals surface area contributed by atoms with Crippen LogP contribution in [0.2, 0.25) is 0 Å². The van der Waals surface area contributed by atoms with Crippen LogP contribution in [-0.4, -0.2) is 30.8 Å². The largest absolute Gasteiger partial charge is 0.478 e. The second-order valence-electron chi connectivity index (χ2n) is 5.69. The Balaban J connectivity index is 1.90. The number of rotatable bonds is 4. The smallest absolute Gasteiger partial charge is 0.339 e. The Hall–Kier alpha value is -2.50. The predicted octanol–water partition coefficient (Wildman–Crippen LogP) is 2.61. The summed E-state index contributed by atoms with van der Waals surface area (Å²) in [6.45, 7) is 4.82. The molecule has 0 radical (unpaired) electrons. The third kappa shape index (κ3) is 2.64. The van der Waals surface area contributed by atoms with Crippen LogP contribution < -0.4 is 0 Å². The molecule has 2 aromatic heterocycles. The first kappa shape index (κ1) is 14.4. The Morgan fingerprint density at radius 3 is 2.91 bits per heavy atom. The number of hydrogen-bond donors (Lipinski definition) is 1. The van der Waals surface area contributed by atoms with Gasteiger partial charge in [0, 0.05) is 24.0 Å². The average Bonchev–Trinajstić information content (AvgIpc) is 3.08. The zero-order valence-corrected chi connectivity index (χ0v) is 12.7. The molecule has 0 saturated heterocycles. The normalized spacial score (nSPS) is 14.0. The molecule has 1 aliphatic rings. The van der Waals surface area contributed by atoms with Gasteiger partial charge in [-0.1, -0.05) is 13.8 Å². The number of fused-ring (bicyclic) bond motifs is 1. The van der Waals surface area contributed by atoms with Crippen LogP contribution in [0.25, 0.3) is 12.2 Å². The Kier molecular flexibility index (Phi) is 3.75. The number of aromatic carboxylic acids is 1. The molecule has 6 heteroatoms. The molecule has 3 rings (SSSR count). The van der Waals surface area contributed by atoms with Crippen LogP contribution in [-0.2, 0) is 13.0 Å². The Morgan fingerprint density at radius 2 is 2.18 bits per heavy atom. The molecule has 0 unspecified atom stereocenters. The number of aromatic nitrogens is 4. The summed E-state index contributed by atoms with van der Waals surface area (Å²) < 4.78 is 2.02. The first-order chi connectivity index (χ1) is 10.6. The first-order valence-electron chi connectivity index (χ1n) is 7.39. The fourth-order valence-electron chi connectivity index (χ4n) is 2.69. The second-order valence-corrected chi connectivity index (χ2v) is 5.69. The van der Waals surface area contributed by atoms with Crippen LogP contribution in [0.15, 0.2) is 12.4 Å². The zero-order valence-electron chi connectivity index (χ0n) is 12.7. The van der Waals surface area contributed by atoms with Gasteiger partial charge in [-0.3, -0.25) is 4.68 Å². The highest BCUT2D eigenvalue weighted by molar-refractivity contribution is 5.88. The second kappa shape index (κ2) is 5.71. The molecular formula is C16H18N4O2. The van der Waals surface area contributed by atoms with Crippen molar-refractivity contribution in [2.75, 3.05) is 0 Å². The van der Waals surface area contributed by atoms with Gasteiger partial charge in [0.15, 0.2) is 5.82 Å². The van der Waals surface area contributed by atoms with E-state index in [1.807, 2.05) is 36.9 Å². The van der Waals surface area contributed by atoms with Crippen molar-refractivity contribution in [3.63, 3.8) is 0 Å². The average molecular weight is 298 g/mol. The van der Waals surface area contributed by atoms with Gasteiger partial charge < -0.3 is 5.11 Å². The van der Waals surface area contributed by atoms with Crippen molar-refractivity contribution in [3.05, 3.63) is 40.7 Å². The summed E-state index contributed by atoms with van der Waals surface area (Å²) in [6.07, 6.45) is 9.16. The third-order valence-corrected chi connectivity index (χ3v) is 3.79. The van der Waals surface area contributed by atoms with Crippen LogP contribution in [0, 0.1) is 0 Å². The van der Waals surface area contributed by atoms with E-state index >= 15 is 0 Å². The van der Waals surface area contributed by atoms with Crippen molar-refractivity contribution in [1.82, 2.24) is 19.7 Å². The van der Waals surface area contributed by atoms with Crippen LogP contribution in [0.3, 0.4) is 0 Å². The van der Waals surface area contributed by atoms with E-state index in [0.29, 0.717) is 11.5 Å². The van der Waals surface area contributed by atoms with E-state index in [-0.39, 0.29) is 11.5 Å². The van der Waals surface area contributed by atoms with Gasteiger partial charge in [-0.25, -0.2) is 14.8 Å². The quantitative estimate of drug-likeness (QED) is 0.938. The van der Waals surface area contributed by atoms with E-state index in [1.165, 1.54) is 11.9 Å². The number of aryl methyl sites for hydroxylation is 1. The van der Waals surface area contributed by atoms with E-state index in [0.717, 1.165) is 24.9 Å². The lowest BCUT2D eigenvalue weighted by Gasteiger charge is -2.08. The minimum Gasteiger partial charge on any atom is -0.478 e. The van der Waals surface area contributed by atoms with E-state index in [4.69, 9.17) is 0 Å².